The Morgan fingerprint density at radius 3 is 2.95 bits per heavy atom. The van der Waals surface area contributed by atoms with Crippen LogP contribution >= 0.6 is 34.2 Å². The van der Waals surface area contributed by atoms with Crippen molar-refractivity contribution in [2.75, 3.05) is 4.43 Å². The smallest absolute Gasteiger partial charge is 0.164 e. The van der Waals surface area contributed by atoms with Gasteiger partial charge >= 0.3 is 0 Å². The maximum absolute atomic E-state index is 6.15. The van der Waals surface area contributed by atoms with Crippen LogP contribution in [0.2, 0.25) is 5.15 Å². The summed E-state index contributed by atoms with van der Waals surface area (Å²) in [5.41, 5.74) is 2.09. The van der Waals surface area contributed by atoms with Gasteiger partial charge in [0, 0.05) is 10.6 Å². The molecule has 1 fully saturated rings. The summed E-state index contributed by atoms with van der Waals surface area (Å²) in [7, 11) is 0. The van der Waals surface area contributed by atoms with Gasteiger partial charge in [-0.15, -0.1) is 0 Å². The number of fused-ring (bicyclic) bond motifs is 2. The first-order valence-electron chi connectivity index (χ1n) is 7.09. The number of rotatable bonds is 2. The van der Waals surface area contributed by atoms with E-state index in [0.29, 0.717) is 5.15 Å². The molecule has 0 radical (unpaired) electrons. The number of alkyl halides is 1. The van der Waals surface area contributed by atoms with E-state index in [-0.39, 0.29) is 18.2 Å². The molecule has 0 N–H and O–H groups in total. The quantitative estimate of drug-likeness (QED) is 0.316. The second-order valence-corrected chi connectivity index (χ2v) is 7.13. The molecule has 2 aromatic heterocycles. The Kier molecular flexibility index (Phi) is 3.48. The summed E-state index contributed by atoms with van der Waals surface area (Å²) < 4.78 is 15.2. The van der Waals surface area contributed by atoms with E-state index in [1.807, 2.05) is 26.1 Å². The lowest BCUT2D eigenvalue weighted by Crippen LogP contribution is -2.27. The van der Waals surface area contributed by atoms with E-state index in [9.17, 15) is 0 Å². The normalized spacial score (nSPS) is 29.8. The summed E-state index contributed by atoms with van der Waals surface area (Å²) >= 11 is 8.52. The summed E-state index contributed by atoms with van der Waals surface area (Å²) in [4.78, 5) is 8.42. The highest BCUT2D eigenvalue weighted by molar-refractivity contribution is 14.1. The third-order valence-corrected chi connectivity index (χ3v) is 5.33. The van der Waals surface area contributed by atoms with Crippen molar-refractivity contribution >= 4 is 45.2 Å². The summed E-state index contributed by atoms with van der Waals surface area (Å²) in [6, 6.07) is 2.00. The molecule has 0 spiro atoms. The molecule has 0 bridgehead atoms. The highest BCUT2D eigenvalue weighted by Gasteiger charge is 2.50. The van der Waals surface area contributed by atoms with Crippen LogP contribution in [0.15, 0.2) is 30.2 Å². The van der Waals surface area contributed by atoms with Gasteiger partial charge in [-0.2, -0.15) is 0 Å². The molecule has 2 aromatic rings. The molecule has 0 unspecified atom stereocenters. The van der Waals surface area contributed by atoms with Crippen molar-refractivity contribution in [3.05, 3.63) is 35.4 Å². The van der Waals surface area contributed by atoms with E-state index in [1.165, 1.54) is 11.9 Å². The first-order chi connectivity index (χ1) is 10.5. The van der Waals surface area contributed by atoms with Gasteiger partial charge in [-0.3, -0.25) is 0 Å². The van der Waals surface area contributed by atoms with Crippen LogP contribution in [0.25, 0.3) is 11.0 Å². The molecule has 0 saturated carbocycles. The Labute approximate surface area is 146 Å². The van der Waals surface area contributed by atoms with Crippen molar-refractivity contribution in [3.63, 3.8) is 0 Å². The zero-order chi connectivity index (χ0) is 15.5. The molecule has 5 nitrogen and oxygen atoms in total. The minimum Gasteiger partial charge on any atom is -0.342 e. The predicted octanol–water partition coefficient (Wildman–Crippen LogP) is 3.52. The van der Waals surface area contributed by atoms with Crippen LogP contribution in [0.4, 0.5) is 0 Å². The number of nitrogens with zero attached hydrogens (tertiary/aromatic N) is 3. The minimum atomic E-state index is -0.561. The zero-order valence-electron chi connectivity index (χ0n) is 12.2. The van der Waals surface area contributed by atoms with Gasteiger partial charge in [-0.1, -0.05) is 40.3 Å². The van der Waals surface area contributed by atoms with Crippen LogP contribution in [0.5, 0.6) is 0 Å². The zero-order valence-corrected chi connectivity index (χ0v) is 15.1. The van der Waals surface area contributed by atoms with Crippen molar-refractivity contribution in [2.24, 2.45) is 0 Å². The van der Waals surface area contributed by atoms with Crippen LogP contribution in [-0.4, -0.2) is 37.0 Å². The van der Waals surface area contributed by atoms with Gasteiger partial charge in [0.2, 0.25) is 0 Å². The predicted molar refractivity (Wildman–Crippen MR) is 92.4 cm³/mol. The maximum Gasteiger partial charge on any atom is 0.164 e. The molecule has 3 atom stereocenters. The highest BCUT2D eigenvalue weighted by atomic mass is 127. The van der Waals surface area contributed by atoms with E-state index >= 15 is 0 Å². The Morgan fingerprint density at radius 1 is 1.36 bits per heavy atom. The van der Waals surface area contributed by atoms with Gasteiger partial charge in [0.25, 0.3) is 0 Å². The minimum absolute atomic E-state index is 0.00617. The molecular weight excluding hydrogens is 417 g/mol. The van der Waals surface area contributed by atoms with E-state index < -0.39 is 5.79 Å². The lowest BCUT2D eigenvalue weighted by molar-refractivity contribution is -0.147. The van der Waals surface area contributed by atoms with Crippen molar-refractivity contribution < 1.29 is 9.47 Å². The third kappa shape index (κ3) is 2.19. The number of hydrogen-bond donors (Lipinski definition) is 0. The van der Waals surface area contributed by atoms with Gasteiger partial charge in [0.1, 0.15) is 29.3 Å². The molecule has 2 aliphatic rings. The van der Waals surface area contributed by atoms with Crippen molar-refractivity contribution in [2.45, 2.75) is 37.9 Å². The second-order valence-electron chi connectivity index (χ2n) is 6.01. The number of ether oxygens (including phenoxy) is 2. The molecule has 1 saturated heterocycles. The number of hydrogen-bond acceptors (Lipinski definition) is 4. The fraction of sp³-hybridized carbons (Fsp3) is 0.467. The highest BCUT2D eigenvalue weighted by Crippen LogP contribution is 2.44. The fourth-order valence-electron chi connectivity index (χ4n) is 3.27. The molecule has 22 heavy (non-hydrogen) atoms. The lowest BCUT2D eigenvalue weighted by Gasteiger charge is -2.22. The topological polar surface area (TPSA) is 49.2 Å². The SMILES string of the molecule is CC1(C)O[C@@H]2[C@H](O1)C(CI)=C[C@H]2n1ccc2c(Cl)ncnc21. The van der Waals surface area contributed by atoms with Crippen LogP contribution < -0.4 is 0 Å². The van der Waals surface area contributed by atoms with E-state index in [2.05, 4.69) is 43.2 Å². The standard InChI is InChI=1S/C15H15ClIN3O2/c1-15(2)21-11-8(6-17)5-10(12(11)22-15)20-4-3-9-13(16)18-7-19-14(9)20/h3-5,7,10-12H,6H2,1-2H3/t10-,11-,12+/m1/s1. The Bertz CT molecular complexity index is 773. The summed E-state index contributed by atoms with van der Waals surface area (Å²) in [6.45, 7) is 3.92. The van der Waals surface area contributed by atoms with Crippen LogP contribution in [0, 0.1) is 0 Å². The molecule has 4 rings (SSSR count). The number of aromatic nitrogens is 3. The Morgan fingerprint density at radius 2 is 2.18 bits per heavy atom. The number of halogens is 2. The molecule has 0 amide bonds. The first-order valence-corrected chi connectivity index (χ1v) is 9.00. The maximum atomic E-state index is 6.15. The van der Waals surface area contributed by atoms with Crippen LogP contribution in [0.3, 0.4) is 0 Å². The average molecular weight is 432 g/mol. The van der Waals surface area contributed by atoms with Gasteiger partial charge < -0.3 is 14.0 Å². The Balaban J connectivity index is 1.81. The monoisotopic (exact) mass is 431 g/mol. The molecule has 116 valence electrons. The molecule has 3 heterocycles. The van der Waals surface area contributed by atoms with Crippen LogP contribution in [-0.2, 0) is 9.47 Å². The van der Waals surface area contributed by atoms with Crippen molar-refractivity contribution in [1.82, 2.24) is 14.5 Å². The van der Waals surface area contributed by atoms with E-state index in [4.69, 9.17) is 21.1 Å². The van der Waals surface area contributed by atoms with Crippen LogP contribution in [0.1, 0.15) is 19.9 Å². The van der Waals surface area contributed by atoms with Crippen molar-refractivity contribution in [1.29, 1.82) is 0 Å². The Hall–Kier alpha value is -0.700. The first kappa shape index (κ1) is 14.9. The van der Waals surface area contributed by atoms with Gasteiger partial charge in [0.15, 0.2) is 5.79 Å². The largest absolute Gasteiger partial charge is 0.342 e. The molecule has 7 heteroatoms. The van der Waals surface area contributed by atoms with Gasteiger partial charge in [0.05, 0.1) is 11.4 Å². The van der Waals surface area contributed by atoms with E-state index in [1.54, 1.807) is 0 Å². The van der Waals surface area contributed by atoms with Gasteiger partial charge in [-0.05, 0) is 25.5 Å². The van der Waals surface area contributed by atoms with Crippen molar-refractivity contribution in [3.8, 4) is 0 Å². The fourth-order valence-corrected chi connectivity index (χ4v) is 4.15. The lowest BCUT2D eigenvalue weighted by atomic mass is 10.1. The molecular formula is C15H15ClIN3O2. The second kappa shape index (κ2) is 5.15. The average Bonchev–Trinajstić information content (AvgIpc) is 3.10. The summed E-state index contributed by atoms with van der Waals surface area (Å²) in [6.07, 6.45) is 5.68. The molecule has 1 aliphatic heterocycles. The summed E-state index contributed by atoms with van der Waals surface area (Å²) in [5.74, 6) is -0.561. The molecule has 1 aliphatic carbocycles. The third-order valence-electron chi connectivity index (χ3n) is 4.15. The summed E-state index contributed by atoms with van der Waals surface area (Å²) in [5, 5.41) is 1.33. The molecule has 0 aromatic carbocycles. The van der Waals surface area contributed by atoms with Gasteiger partial charge in [-0.25, -0.2) is 9.97 Å². The van der Waals surface area contributed by atoms with E-state index in [0.717, 1.165) is 15.5 Å².